The first-order chi connectivity index (χ1) is 15.5. The van der Waals surface area contributed by atoms with E-state index in [0.717, 1.165) is 38.2 Å². The molecule has 32 heavy (non-hydrogen) atoms. The van der Waals surface area contributed by atoms with Crippen molar-refractivity contribution >= 4 is 52.3 Å². The normalized spacial score (nSPS) is 13.4. The average molecular weight is 485 g/mol. The van der Waals surface area contributed by atoms with Gasteiger partial charge >= 0.3 is 0 Å². The van der Waals surface area contributed by atoms with E-state index in [2.05, 4.69) is 15.3 Å². The number of thiazole rings is 1. The summed E-state index contributed by atoms with van der Waals surface area (Å²) in [5.41, 5.74) is 5.22. The Bertz CT molecular complexity index is 1140. The van der Waals surface area contributed by atoms with Crippen LogP contribution in [0.4, 0.5) is 0 Å². The van der Waals surface area contributed by atoms with E-state index >= 15 is 0 Å². The van der Waals surface area contributed by atoms with Crippen LogP contribution in [0.1, 0.15) is 33.0 Å². The number of carbonyl (C=O) groups is 2. The molecule has 0 bridgehead atoms. The van der Waals surface area contributed by atoms with Gasteiger partial charge in [-0.25, -0.2) is 4.98 Å². The van der Waals surface area contributed by atoms with Crippen molar-refractivity contribution in [2.75, 3.05) is 12.3 Å². The number of nitrogens with one attached hydrogen (secondary N) is 1. The number of aromatic nitrogens is 2. The summed E-state index contributed by atoms with van der Waals surface area (Å²) in [4.78, 5) is 36.8. The van der Waals surface area contributed by atoms with E-state index in [1.807, 2.05) is 53.9 Å². The molecule has 2 amide bonds. The minimum absolute atomic E-state index is 0.114. The number of amides is 2. The molecule has 166 valence electrons. The number of carbonyl (C=O) groups excluding carboxylic acids is 2. The Morgan fingerprint density at radius 2 is 2.19 bits per heavy atom. The smallest absolute Gasteiger partial charge is 0.244 e. The fraction of sp³-hybridized carbons (Fsp3) is 0.304. The molecule has 1 N–H and O–H groups in total. The number of hydrogen-bond acceptors (Lipinski definition) is 7. The number of pyridine rings is 1. The van der Waals surface area contributed by atoms with Crippen LogP contribution in [-0.4, -0.2) is 39.0 Å². The third-order valence-corrected chi connectivity index (χ3v) is 8.21. The van der Waals surface area contributed by atoms with Crippen molar-refractivity contribution in [1.82, 2.24) is 20.2 Å². The van der Waals surface area contributed by atoms with Crippen LogP contribution in [0.5, 0.6) is 0 Å². The van der Waals surface area contributed by atoms with Crippen molar-refractivity contribution in [3.63, 3.8) is 0 Å². The topological polar surface area (TPSA) is 75.2 Å². The van der Waals surface area contributed by atoms with Gasteiger partial charge in [-0.1, -0.05) is 17.8 Å². The van der Waals surface area contributed by atoms with Crippen LogP contribution in [0.3, 0.4) is 0 Å². The van der Waals surface area contributed by atoms with Gasteiger partial charge in [0.2, 0.25) is 11.8 Å². The van der Waals surface area contributed by atoms with E-state index in [-0.39, 0.29) is 11.8 Å². The minimum Gasteiger partial charge on any atom is -0.348 e. The maximum Gasteiger partial charge on any atom is 0.244 e. The number of thioether (sulfide) groups is 1. The largest absolute Gasteiger partial charge is 0.348 e. The quantitative estimate of drug-likeness (QED) is 0.401. The molecule has 6 nitrogen and oxygen atoms in total. The standard InChI is InChI=1S/C23H24N4O2S3/c1-15-13-31-23(26-15)32-14-22(29)27-8-7-19-17(12-27)10-24-16(2)20(19)11-25-21(28)6-5-18-4-3-9-30-18/h3-6,9-10,13H,7-8,11-12,14H2,1-2H3,(H,25,28). The van der Waals surface area contributed by atoms with Crippen LogP contribution < -0.4 is 5.32 Å². The molecule has 0 spiro atoms. The summed E-state index contributed by atoms with van der Waals surface area (Å²) in [5.74, 6) is 0.376. The molecule has 1 aliphatic rings. The van der Waals surface area contributed by atoms with E-state index < -0.39 is 0 Å². The number of fused-ring (bicyclic) bond motifs is 1. The highest BCUT2D eigenvalue weighted by molar-refractivity contribution is 8.01. The van der Waals surface area contributed by atoms with Crippen molar-refractivity contribution in [3.05, 3.63) is 68.1 Å². The van der Waals surface area contributed by atoms with Gasteiger partial charge in [0, 0.05) is 53.6 Å². The van der Waals surface area contributed by atoms with Crippen LogP contribution in [0, 0.1) is 13.8 Å². The van der Waals surface area contributed by atoms with Crippen molar-refractivity contribution in [1.29, 1.82) is 0 Å². The summed E-state index contributed by atoms with van der Waals surface area (Å²) in [6, 6.07) is 3.93. The first kappa shape index (κ1) is 22.7. The fourth-order valence-electron chi connectivity index (χ4n) is 3.56. The number of hydrogen-bond donors (Lipinski definition) is 1. The Kier molecular flexibility index (Phi) is 7.39. The Morgan fingerprint density at radius 3 is 2.94 bits per heavy atom. The van der Waals surface area contributed by atoms with Crippen molar-refractivity contribution in [2.45, 2.75) is 37.7 Å². The fourth-order valence-corrected chi connectivity index (χ4v) is 5.93. The molecule has 0 fully saturated rings. The monoisotopic (exact) mass is 484 g/mol. The van der Waals surface area contributed by atoms with Crippen molar-refractivity contribution < 1.29 is 9.59 Å². The highest BCUT2D eigenvalue weighted by Gasteiger charge is 2.24. The Hall–Kier alpha value is -2.49. The first-order valence-corrected chi connectivity index (χ1v) is 13.0. The van der Waals surface area contributed by atoms with E-state index in [4.69, 9.17) is 0 Å². The Balaban J connectivity index is 1.36. The molecule has 0 radical (unpaired) electrons. The van der Waals surface area contributed by atoms with Gasteiger partial charge in [0.05, 0.1) is 5.75 Å². The molecule has 1 aliphatic heterocycles. The van der Waals surface area contributed by atoms with Crippen molar-refractivity contribution in [3.8, 4) is 0 Å². The van der Waals surface area contributed by atoms with Crippen LogP contribution in [0.2, 0.25) is 0 Å². The predicted molar refractivity (Wildman–Crippen MR) is 131 cm³/mol. The summed E-state index contributed by atoms with van der Waals surface area (Å²) in [7, 11) is 0. The van der Waals surface area contributed by atoms with E-state index in [1.54, 1.807) is 28.7 Å². The van der Waals surface area contributed by atoms with E-state index in [9.17, 15) is 9.59 Å². The van der Waals surface area contributed by atoms with Gasteiger partial charge in [0.1, 0.15) is 0 Å². The molecule has 0 unspecified atom stereocenters. The second kappa shape index (κ2) is 10.4. The van der Waals surface area contributed by atoms with Gasteiger partial charge in [-0.3, -0.25) is 14.6 Å². The van der Waals surface area contributed by atoms with E-state index in [1.165, 1.54) is 17.3 Å². The van der Waals surface area contributed by atoms with Gasteiger partial charge in [-0.15, -0.1) is 22.7 Å². The second-order valence-electron chi connectivity index (χ2n) is 7.50. The summed E-state index contributed by atoms with van der Waals surface area (Å²) >= 11 is 4.66. The zero-order chi connectivity index (χ0) is 22.5. The third-order valence-electron chi connectivity index (χ3n) is 5.25. The molecule has 0 saturated carbocycles. The average Bonchev–Trinajstić information content (AvgIpc) is 3.46. The molecule has 0 saturated heterocycles. The lowest BCUT2D eigenvalue weighted by Crippen LogP contribution is -2.38. The van der Waals surface area contributed by atoms with Gasteiger partial charge in [0.15, 0.2) is 4.34 Å². The number of nitrogens with zero attached hydrogens (tertiary/aromatic N) is 3. The number of thiophene rings is 1. The molecule has 4 rings (SSSR count). The second-order valence-corrected chi connectivity index (χ2v) is 10.6. The third kappa shape index (κ3) is 5.65. The lowest BCUT2D eigenvalue weighted by atomic mass is 9.95. The Morgan fingerprint density at radius 1 is 1.31 bits per heavy atom. The molecule has 4 heterocycles. The molecule has 3 aromatic rings. The van der Waals surface area contributed by atoms with Crippen molar-refractivity contribution in [2.24, 2.45) is 0 Å². The van der Waals surface area contributed by atoms with Gasteiger partial charge in [-0.05, 0) is 54.5 Å². The first-order valence-electron chi connectivity index (χ1n) is 10.3. The highest BCUT2D eigenvalue weighted by Crippen LogP contribution is 2.26. The van der Waals surface area contributed by atoms with Gasteiger partial charge in [0.25, 0.3) is 0 Å². The van der Waals surface area contributed by atoms with E-state index in [0.29, 0.717) is 25.4 Å². The number of aryl methyl sites for hydroxylation is 2. The van der Waals surface area contributed by atoms with Gasteiger partial charge < -0.3 is 10.2 Å². The summed E-state index contributed by atoms with van der Waals surface area (Å²) in [6.07, 6.45) is 6.01. The zero-order valence-electron chi connectivity index (χ0n) is 18.0. The van der Waals surface area contributed by atoms with Gasteiger partial charge in [-0.2, -0.15) is 0 Å². The molecule has 3 aromatic heterocycles. The molecular weight excluding hydrogens is 460 g/mol. The lowest BCUT2D eigenvalue weighted by Gasteiger charge is -2.30. The highest BCUT2D eigenvalue weighted by atomic mass is 32.2. The summed E-state index contributed by atoms with van der Waals surface area (Å²) in [5, 5.41) is 6.95. The molecule has 0 aromatic carbocycles. The number of rotatable bonds is 7. The van der Waals surface area contributed by atoms with Crippen LogP contribution in [0.25, 0.3) is 6.08 Å². The molecule has 0 aliphatic carbocycles. The Labute approximate surface area is 199 Å². The van der Waals surface area contributed by atoms with Crippen LogP contribution in [0.15, 0.2) is 39.5 Å². The van der Waals surface area contributed by atoms with Crippen LogP contribution in [-0.2, 0) is 29.1 Å². The predicted octanol–water partition coefficient (Wildman–Crippen LogP) is 4.22. The molecular formula is C23H24N4O2S3. The molecule has 0 atom stereocenters. The summed E-state index contributed by atoms with van der Waals surface area (Å²) in [6.45, 7) is 5.58. The van der Waals surface area contributed by atoms with Crippen LogP contribution >= 0.6 is 34.4 Å². The maximum atomic E-state index is 12.7. The maximum absolute atomic E-state index is 12.7. The zero-order valence-corrected chi connectivity index (χ0v) is 20.4. The minimum atomic E-state index is -0.127. The molecule has 9 heteroatoms. The summed E-state index contributed by atoms with van der Waals surface area (Å²) < 4.78 is 0.928. The SMILES string of the molecule is Cc1csc(SCC(=O)N2CCc3c(cnc(C)c3CNC(=O)C=Cc3cccs3)C2)n1. The lowest BCUT2D eigenvalue weighted by molar-refractivity contribution is -0.129.